The number of hydrogen-bond acceptors (Lipinski definition) is 3. The Kier molecular flexibility index (Phi) is 3.36. The Morgan fingerprint density at radius 1 is 1.69 bits per heavy atom. The van der Waals surface area contributed by atoms with E-state index in [2.05, 4.69) is 25.7 Å². The molecule has 0 saturated heterocycles. The van der Waals surface area contributed by atoms with Crippen molar-refractivity contribution in [1.82, 2.24) is 4.98 Å². The zero-order valence-electron chi connectivity index (χ0n) is 6.88. The first-order valence-electron chi connectivity index (χ1n) is 3.51. The predicted molar refractivity (Wildman–Crippen MR) is 47.6 cm³/mol. The van der Waals surface area contributed by atoms with Gasteiger partial charge in [0.25, 0.3) is 0 Å². The number of methoxy groups -OCH3 is 1. The molecule has 0 aromatic carbocycles. The SMILES string of the molecule is COC(=O)Cc1ccc(F)c(Br)n1. The molecule has 3 nitrogen and oxygen atoms in total. The van der Waals surface area contributed by atoms with Crippen LogP contribution in [0.4, 0.5) is 4.39 Å². The van der Waals surface area contributed by atoms with Crippen LogP contribution >= 0.6 is 15.9 Å². The molecule has 0 radical (unpaired) electrons. The number of hydrogen-bond donors (Lipinski definition) is 0. The number of carbonyl (C=O) groups is 1. The lowest BCUT2D eigenvalue weighted by Crippen LogP contribution is -2.06. The van der Waals surface area contributed by atoms with E-state index in [-0.39, 0.29) is 11.0 Å². The lowest BCUT2D eigenvalue weighted by atomic mass is 10.3. The summed E-state index contributed by atoms with van der Waals surface area (Å²) in [6, 6.07) is 2.69. The van der Waals surface area contributed by atoms with Crippen molar-refractivity contribution >= 4 is 21.9 Å². The van der Waals surface area contributed by atoms with Gasteiger partial charge in [0.1, 0.15) is 4.60 Å². The molecule has 5 heteroatoms. The number of halogens is 2. The van der Waals surface area contributed by atoms with Gasteiger partial charge in [-0.2, -0.15) is 0 Å². The van der Waals surface area contributed by atoms with Gasteiger partial charge in [-0.05, 0) is 28.1 Å². The monoisotopic (exact) mass is 247 g/mol. The summed E-state index contributed by atoms with van der Waals surface area (Å²) in [5, 5.41) is 0. The van der Waals surface area contributed by atoms with Crippen LogP contribution in [-0.4, -0.2) is 18.1 Å². The molecule has 0 fully saturated rings. The van der Waals surface area contributed by atoms with E-state index in [1.807, 2.05) is 0 Å². The maximum atomic E-state index is 12.7. The molecule has 0 aliphatic carbocycles. The minimum atomic E-state index is -0.450. The van der Waals surface area contributed by atoms with E-state index in [0.29, 0.717) is 5.69 Å². The number of rotatable bonds is 2. The molecule has 0 bridgehead atoms. The highest BCUT2D eigenvalue weighted by molar-refractivity contribution is 9.10. The summed E-state index contributed by atoms with van der Waals surface area (Å²) in [7, 11) is 1.29. The van der Waals surface area contributed by atoms with E-state index in [1.54, 1.807) is 0 Å². The Bertz CT molecular complexity index is 330. The van der Waals surface area contributed by atoms with E-state index in [9.17, 15) is 9.18 Å². The van der Waals surface area contributed by atoms with Crippen molar-refractivity contribution in [3.05, 3.63) is 28.2 Å². The molecule has 0 amide bonds. The molecule has 1 aromatic rings. The average Bonchev–Trinajstić information content (AvgIpc) is 2.11. The summed E-state index contributed by atoms with van der Waals surface area (Å²) in [6.07, 6.45) is 0.0510. The van der Waals surface area contributed by atoms with Crippen LogP contribution in [0.3, 0.4) is 0 Å². The Balaban J connectivity index is 2.79. The van der Waals surface area contributed by atoms with Crippen LogP contribution in [0, 0.1) is 5.82 Å². The largest absolute Gasteiger partial charge is 0.469 e. The third kappa shape index (κ3) is 2.77. The standard InChI is InChI=1S/C8H7BrFNO2/c1-13-7(12)4-5-2-3-6(10)8(9)11-5/h2-3H,4H2,1H3. The fourth-order valence-corrected chi connectivity index (χ4v) is 1.13. The summed E-state index contributed by atoms with van der Waals surface area (Å²) in [5.74, 6) is -0.848. The summed E-state index contributed by atoms with van der Waals surface area (Å²) in [4.78, 5) is 14.6. The molecule has 0 unspecified atom stereocenters. The molecule has 1 heterocycles. The highest BCUT2D eigenvalue weighted by Crippen LogP contribution is 2.12. The number of pyridine rings is 1. The van der Waals surface area contributed by atoms with E-state index in [0.717, 1.165) is 0 Å². The lowest BCUT2D eigenvalue weighted by Gasteiger charge is -1.99. The number of esters is 1. The van der Waals surface area contributed by atoms with E-state index < -0.39 is 11.8 Å². The van der Waals surface area contributed by atoms with Crippen LogP contribution in [-0.2, 0) is 16.0 Å². The second kappa shape index (κ2) is 4.32. The number of ether oxygens (including phenoxy) is 1. The zero-order valence-corrected chi connectivity index (χ0v) is 8.47. The van der Waals surface area contributed by atoms with Crippen LogP contribution in [0.25, 0.3) is 0 Å². The van der Waals surface area contributed by atoms with Gasteiger partial charge in [-0.3, -0.25) is 4.79 Å². The molecular formula is C8H7BrFNO2. The molecule has 70 valence electrons. The van der Waals surface area contributed by atoms with Gasteiger partial charge < -0.3 is 4.74 Å². The molecule has 1 aromatic heterocycles. The van der Waals surface area contributed by atoms with Crippen molar-refractivity contribution in [2.75, 3.05) is 7.11 Å². The molecule has 0 N–H and O–H groups in total. The third-order valence-electron chi connectivity index (χ3n) is 1.41. The van der Waals surface area contributed by atoms with Crippen molar-refractivity contribution in [2.45, 2.75) is 6.42 Å². The van der Waals surface area contributed by atoms with Gasteiger partial charge in [0, 0.05) is 0 Å². The van der Waals surface area contributed by atoms with Crippen molar-refractivity contribution in [1.29, 1.82) is 0 Å². The first-order valence-corrected chi connectivity index (χ1v) is 4.30. The first kappa shape index (κ1) is 10.1. The van der Waals surface area contributed by atoms with E-state index in [4.69, 9.17) is 0 Å². The van der Waals surface area contributed by atoms with Gasteiger partial charge in [-0.15, -0.1) is 0 Å². The van der Waals surface area contributed by atoms with Crippen LogP contribution in [0.2, 0.25) is 0 Å². The fourth-order valence-electron chi connectivity index (χ4n) is 0.773. The molecule has 13 heavy (non-hydrogen) atoms. The Hall–Kier alpha value is -0.970. The highest BCUT2D eigenvalue weighted by Gasteiger charge is 2.06. The van der Waals surface area contributed by atoms with Gasteiger partial charge >= 0.3 is 5.97 Å². The first-order chi connectivity index (χ1) is 6.13. The molecule has 0 aliphatic heterocycles. The van der Waals surface area contributed by atoms with Crippen molar-refractivity contribution in [3.8, 4) is 0 Å². The predicted octanol–water partition coefficient (Wildman–Crippen LogP) is 1.70. The number of nitrogens with zero attached hydrogens (tertiary/aromatic N) is 1. The van der Waals surface area contributed by atoms with Crippen molar-refractivity contribution in [3.63, 3.8) is 0 Å². The Morgan fingerprint density at radius 3 is 2.92 bits per heavy atom. The molecule has 0 saturated carbocycles. The maximum absolute atomic E-state index is 12.7. The van der Waals surface area contributed by atoms with Gasteiger partial charge in [0.2, 0.25) is 0 Å². The van der Waals surface area contributed by atoms with Crippen LogP contribution in [0.5, 0.6) is 0 Å². The Labute approximate surface area is 83.1 Å². The van der Waals surface area contributed by atoms with Gasteiger partial charge in [-0.25, -0.2) is 9.37 Å². The fraction of sp³-hybridized carbons (Fsp3) is 0.250. The van der Waals surface area contributed by atoms with Gasteiger partial charge in [-0.1, -0.05) is 0 Å². The quantitative estimate of drug-likeness (QED) is 0.590. The van der Waals surface area contributed by atoms with Gasteiger partial charge in [0.05, 0.1) is 19.2 Å². The summed E-state index contributed by atoms with van der Waals surface area (Å²) in [5.41, 5.74) is 0.472. The number of carbonyl (C=O) groups excluding carboxylic acids is 1. The number of aromatic nitrogens is 1. The van der Waals surface area contributed by atoms with Crippen molar-refractivity contribution < 1.29 is 13.9 Å². The normalized spacial score (nSPS) is 9.77. The summed E-state index contributed by atoms with van der Waals surface area (Å²) < 4.78 is 17.2. The summed E-state index contributed by atoms with van der Waals surface area (Å²) in [6.45, 7) is 0. The Morgan fingerprint density at radius 2 is 2.38 bits per heavy atom. The van der Waals surface area contributed by atoms with Crippen molar-refractivity contribution in [2.24, 2.45) is 0 Å². The minimum absolute atomic E-state index is 0.0510. The molecule has 0 atom stereocenters. The molecule has 0 spiro atoms. The topological polar surface area (TPSA) is 39.2 Å². The van der Waals surface area contributed by atoms with Crippen LogP contribution in [0.15, 0.2) is 16.7 Å². The minimum Gasteiger partial charge on any atom is -0.469 e. The smallest absolute Gasteiger partial charge is 0.311 e. The van der Waals surface area contributed by atoms with E-state index >= 15 is 0 Å². The molecule has 1 rings (SSSR count). The molecular weight excluding hydrogens is 241 g/mol. The maximum Gasteiger partial charge on any atom is 0.311 e. The zero-order chi connectivity index (χ0) is 9.84. The van der Waals surface area contributed by atoms with Gasteiger partial charge in [0.15, 0.2) is 5.82 Å². The highest BCUT2D eigenvalue weighted by atomic mass is 79.9. The lowest BCUT2D eigenvalue weighted by molar-refractivity contribution is -0.139. The summed E-state index contributed by atoms with van der Waals surface area (Å²) >= 11 is 2.92. The second-order valence-corrected chi connectivity index (χ2v) is 3.08. The van der Waals surface area contributed by atoms with Crippen LogP contribution in [0.1, 0.15) is 5.69 Å². The second-order valence-electron chi connectivity index (χ2n) is 2.33. The van der Waals surface area contributed by atoms with Crippen LogP contribution < -0.4 is 0 Å². The third-order valence-corrected chi connectivity index (χ3v) is 1.97. The molecule has 0 aliphatic rings. The average molecular weight is 248 g/mol. The van der Waals surface area contributed by atoms with E-state index in [1.165, 1.54) is 19.2 Å².